The van der Waals surface area contributed by atoms with Crippen LogP contribution in [-0.2, 0) is 10.3 Å². The summed E-state index contributed by atoms with van der Waals surface area (Å²) in [6, 6.07) is 10.3. The van der Waals surface area contributed by atoms with Crippen molar-refractivity contribution in [2.24, 2.45) is 0 Å². The molecule has 0 unspecified atom stereocenters. The SMILES string of the molecule is C[C@@]1(c2cc(F)ccc2F)NC(=O)N(CCOc2ccc(C#N)cc2)C1=O. The minimum absolute atomic E-state index is 0.00672. The maximum atomic E-state index is 14.1. The summed E-state index contributed by atoms with van der Waals surface area (Å²) in [4.78, 5) is 25.8. The van der Waals surface area contributed by atoms with Crippen LogP contribution in [0.2, 0.25) is 0 Å². The fraction of sp³-hybridized carbons (Fsp3) is 0.211. The van der Waals surface area contributed by atoms with Gasteiger partial charge in [0.05, 0.1) is 18.2 Å². The van der Waals surface area contributed by atoms with E-state index in [9.17, 15) is 18.4 Å². The Bertz CT molecular complexity index is 940. The number of rotatable bonds is 5. The average Bonchev–Trinajstić information content (AvgIpc) is 2.88. The summed E-state index contributed by atoms with van der Waals surface area (Å²) in [6.45, 7) is 1.26. The van der Waals surface area contributed by atoms with Gasteiger partial charge in [-0.2, -0.15) is 5.26 Å². The Labute approximate surface area is 154 Å². The summed E-state index contributed by atoms with van der Waals surface area (Å²) in [5.74, 6) is -1.72. The van der Waals surface area contributed by atoms with Gasteiger partial charge in [0.1, 0.15) is 29.5 Å². The molecule has 1 atom stereocenters. The number of nitrogens with zero attached hydrogens (tertiary/aromatic N) is 2. The Balaban J connectivity index is 1.70. The molecular weight excluding hydrogens is 356 g/mol. The lowest BCUT2D eigenvalue weighted by Crippen LogP contribution is -2.42. The van der Waals surface area contributed by atoms with E-state index in [1.54, 1.807) is 24.3 Å². The van der Waals surface area contributed by atoms with E-state index in [-0.39, 0.29) is 18.7 Å². The van der Waals surface area contributed by atoms with E-state index in [0.717, 1.165) is 23.1 Å². The van der Waals surface area contributed by atoms with Crippen LogP contribution in [0.15, 0.2) is 42.5 Å². The molecule has 0 aliphatic carbocycles. The van der Waals surface area contributed by atoms with Gasteiger partial charge in [0, 0.05) is 5.56 Å². The van der Waals surface area contributed by atoms with Gasteiger partial charge < -0.3 is 10.1 Å². The molecule has 0 aromatic heterocycles. The van der Waals surface area contributed by atoms with Crippen molar-refractivity contribution in [3.05, 3.63) is 65.2 Å². The molecule has 3 rings (SSSR count). The first kappa shape index (κ1) is 18.3. The van der Waals surface area contributed by atoms with E-state index < -0.39 is 29.1 Å². The van der Waals surface area contributed by atoms with Crippen molar-refractivity contribution in [1.82, 2.24) is 10.2 Å². The molecule has 1 heterocycles. The molecule has 0 bridgehead atoms. The van der Waals surface area contributed by atoms with Crippen LogP contribution in [0.5, 0.6) is 5.75 Å². The number of nitrogens with one attached hydrogen (secondary N) is 1. The molecule has 1 N–H and O–H groups in total. The van der Waals surface area contributed by atoms with Crippen molar-refractivity contribution in [2.45, 2.75) is 12.5 Å². The third-order valence-electron chi connectivity index (χ3n) is 4.31. The van der Waals surface area contributed by atoms with Crippen LogP contribution in [0.25, 0.3) is 0 Å². The molecule has 0 saturated carbocycles. The maximum absolute atomic E-state index is 14.1. The van der Waals surface area contributed by atoms with Gasteiger partial charge in [-0.05, 0) is 49.4 Å². The second kappa shape index (κ2) is 7.03. The van der Waals surface area contributed by atoms with E-state index in [2.05, 4.69) is 5.32 Å². The molecule has 6 nitrogen and oxygen atoms in total. The van der Waals surface area contributed by atoms with Crippen LogP contribution in [0, 0.1) is 23.0 Å². The van der Waals surface area contributed by atoms with E-state index in [1.807, 2.05) is 6.07 Å². The van der Waals surface area contributed by atoms with Crippen LogP contribution < -0.4 is 10.1 Å². The first-order valence-corrected chi connectivity index (χ1v) is 8.08. The van der Waals surface area contributed by atoms with Crippen LogP contribution in [0.3, 0.4) is 0 Å². The van der Waals surface area contributed by atoms with Gasteiger partial charge in [-0.15, -0.1) is 0 Å². The lowest BCUT2D eigenvalue weighted by atomic mass is 9.91. The van der Waals surface area contributed by atoms with E-state index in [4.69, 9.17) is 10.00 Å². The lowest BCUT2D eigenvalue weighted by Gasteiger charge is -2.22. The van der Waals surface area contributed by atoms with Crippen molar-refractivity contribution in [1.29, 1.82) is 5.26 Å². The summed E-state index contributed by atoms with van der Waals surface area (Å²) in [5, 5.41) is 11.2. The average molecular weight is 371 g/mol. The number of imide groups is 1. The monoisotopic (exact) mass is 371 g/mol. The van der Waals surface area contributed by atoms with Gasteiger partial charge in [-0.25, -0.2) is 13.6 Å². The number of carbonyl (C=O) groups excluding carboxylic acids is 2. The van der Waals surface area contributed by atoms with Crippen molar-refractivity contribution in [3.8, 4) is 11.8 Å². The van der Waals surface area contributed by atoms with Crippen LogP contribution in [-0.4, -0.2) is 30.0 Å². The molecule has 1 saturated heterocycles. The summed E-state index contributed by atoms with van der Waals surface area (Å²) < 4.78 is 33.0. The number of ether oxygens (including phenoxy) is 1. The Kier molecular flexibility index (Phi) is 4.77. The topological polar surface area (TPSA) is 82.4 Å². The molecule has 27 heavy (non-hydrogen) atoms. The largest absolute Gasteiger partial charge is 0.492 e. The molecule has 8 heteroatoms. The van der Waals surface area contributed by atoms with Crippen molar-refractivity contribution in [2.75, 3.05) is 13.2 Å². The normalized spacial score (nSPS) is 19.0. The number of benzene rings is 2. The standard InChI is InChI=1S/C19H15F2N3O3/c1-19(15-10-13(20)4-7-16(15)21)17(25)24(18(26)23-19)8-9-27-14-5-2-12(11-22)3-6-14/h2-7,10H,8-9H2,1H3,(H,23,26)/t19-/m0/s1. The molecule has 138 valence electrons. The van der Waals surface area contributed by atoms with Gasteiger partial charge in [-0.1, -0.05) is 0 Å². The van der Waals surface area contributed by atoms with E-state index in [1.165, 1.54) is 6.92 Å². The number of amides is 3. The highest BCUT2D eigenvalue weighted by molar-refractivity contribution is 6.07. The number of halogens is 2. The van der Waals surface area contributed by atoms with E-state index >= 15 is 0 Å². The minimum Gasteiger partial charge on any atom is -0.492 e. The van der Waals surface area contributed by atoms with Crippen LogP contribution in [0.1, 0.15) is 18.1 Å². The Morgan fingerprint density at radius 2 is 1.89 bits per heavy atom. The first-order valence-electron chi connectivity index (χ1n) is 8.08. The highest BCUT2D eigenvalue weighted by Crippen LogP contribution is 2.31. The molecule has 1 fully saturated rings. The molecular formula is C19H15F2N3O3. The second-order valence-electron chi connectivity index (χ2n) is 6.12. The quantitative estimate of drug-likeness (QED) is 0.820. The molecule has 2 aromatic carbocycles. The Morgan fingerprint density at radius 3 is 2.56 bits per heavy atom. The fourth-order valence-corrected chi connectivity index (χ4v) is 2.84. The summed E-state index contributed by atoms with van der Waals surface area (Å²) in [7, 11) is 0. The number of carbonyl (C=O) groups is 2. The molecule has 3 amide bonds. The van der Waals surface area contributed by atoms with Gasteiger partial charge in [0.15, 0.2) is 0 Å². The third-order valence-corrected chi connectivity index (χ3v) is 4.31. The fourth-order valence-electron chi connectivity index (χ4n) is 2.84. The predicted molar refractivity (Wildman–Crippen MR) is 90.6 cm³/mol. The van der Waals surface area contributed by atoms with Crippen molar-refractivity contribution >= 4 is 11.9 Å². The zero-order valence-corrected chi connectivity index (χ0v) is 14.3. The van der Waals surface area contributed by atoms with Gasteiger partial charge in [0.2, 0.25) is 0 Å². The second-order valence-corrected chi connectivity index (χ2v) is 6.12. The molecule has 1 aliphatic rings. The Hall–Kier alpha value is -3.47. The summed E-state index contributed by atoms with van der Waals surface area (Å²) in [5.41, 5.74) is -1.46. The molecule has 0 radical (unpaired) electrons. The highest BCUT2D eigenvalue weighted by atomic mass is 19.1. The number of hydrogen-bond donors (Lipinski definition) is 1. The third kappa shape index (κ3) is 3.44. The number of urea groups is 1. The Morgan fingerprint density at radius 1 is 1.19 bits per heavy atom. The molecule has 2 aromatic rings. The summed E-state index contributed by atoms with van der Waals surface area (Å²) in [6.07, 6.45) is 0. The summed E-state index contributed by atoms with van der Waals surface area (Å²) >= 11 is 0. The van der Waals surface area contributed by atoms with E-state index in [0.29, 0.717) is 11.3 Å². The van der Waals surface area contributed by atoms with Crippen molar-refractivity contribution in [3.63, 3.8) is 0 Å². The smallest absolute Gasteiger partial charge is 0.325 e. The maximum Gasteiger partial charge on any atom is 0.325 e. The van der Waals surface area contributed by atoms with Gasteiger partial charge in [0.25, 0.3) is 5.91 Å². The highest BCUT2D eigenvalue weighted by Gasteiger charge is 2.50. The van der Waals surface area contributed by atoms with Crippen molar-refractivity contribution < 1.29 is 23.1 Å². The predicted octanol–water partition coefficient (Wildman–Crippen LogP) is 2.68. The zero-order chi connectivity index (χ0) is 19.6. The van der Waals surface area contributed by atoms with Gasteiger partial charge in [-0.3, -0.25) is 9.69 Å². The lowest BCUT2D eigenvalue weighted by molar-refractivity contribution is -0.131. The zero-order valence-electron chi connectivity index (χ0n) is 14.3. The first-order chi connectivity index (χ1) is 12.8. The number of nitriles is 1. The van der Waals surface area contributed by atoms with Crippen LogP contribution >= 0.6 is 0 Å². The molecule has 0 spiro atoms. The minimum atomic E-state index is -1.70. The number of hydrogen-bond acceptors (Lipinski definition) is 4. The molecule has 1 aliphatic heterocycles. The van der Waals surface area contributed by atoms with Gasteiger partial charge >= 0.3 is 6.03 Å². The van der Waals surface area contributed by atoms with Crippen LogP contribution in [0.4, 0.5) is 13.6 Å².